The van der Waals surface area contributed by atoms with Crippen LogP contribution >= 0.6 is 11.3 Å². The standard InChI is InChI=1S/C25H29N5O5S2/c1-14-10-18(12-26-11-14)24-29-28-21(30(24)22-19(34-5)8-7-9-20(22)35-6)13-37(32,33)17(4)23(31)25-27-15(2)16(3)36-25/h7-12,17,23,31H,13H2,1-6H3/t17-,23+/m0/s1. The van der Waals surface area contributed by atoms with Gasteiger partial charge in [-0.1, -0.05) is 6.07 Å². The first-order valence-electron chi connectivity index (χ1n) is 11.5. The van der Waals surface area contributed by atoms with E-state index in [1.54, 1.807) is 35.2 Å². The van der Waals surface area contributed by atoms with Crippen molar-refractivity contribution in [3.8, 4) is 28.6 Å². The Balaban J connectivity index is 1.84. The summed E-state index contributed by atoms with van der Waals surface area (Å²) in [4.78, 5) is 9.53. The Morgan fingerprint density at radius 1 is 1.08 bits per heavy atom. The largest absolute Gasteiger partial charge is 0.494 e. The number of nitrogens with zero attached hydrogens (tertiary/aromatic N) is 5. The Morgan fingerprint density at radius 3 is 2.32 bits per heavy atom. The van der Waals surface area contributed by atoms with E-state index >= 15 is 0 Å². The van der Waals surface area contributed by atoms with Crippen molar-refractivity contribution < 1.29 is 23.0 Å². The fourth-order valence-corrected chi connectivity index (χ4v) is 6.33. The molecule has 0 aliphatic carbocycles. The molecule has 0 unspecified atom stereocenters. The number of rotatable bonds is 9. The Labute approximate surface area is 219 Å². The van der Waals surface area contributed by atoms with E-state index < -0.39 is 26.9 Å². The lowest BCUT2D eigenvalue weighted by Crippen LogP contribution is -2.28. The number of para-hydroxylation sites is 1. The van der Waals surface area contributed by atoms with Crippen LogP contribution in [0.1, 0.15) is 40.0 Å². The molecule has 0 bridgehead atoms. The number of aryl methyl sites for hydroxylation is 3. The maximum atomic E-state index is 13.6. The first-order valence-corrected chi connectivity index (χ1v) is 14.0. The molecule has 37 heavy (non-hydrogen) atoms. The van der Waals surface area contributed by atoms with Crippen LogP contribution in [-0.4, -0.2) is 57.7 Å². The maximum Gasteiger partial charge on any atom is 0.170 e. The van der Waals surface area contributed by atoms with Gasteiger partial charge >= 0.3 is 0 Å². The van der Waals surface area contributed by atoms with Gasteiger partial charge in [-0.3, -0.25) is 9.55 Å². The van der Waals surface area contributed by atoms with Gasteiger partial charge in [0.25, 0.3) is 0 Å². The molecule has 12 heteroatoms. The predicted octanol–water partition coefficient (Wildman–Crippen LogP) is 3.77. The summed E-state index contributed by atoms with van der Waals surface area (Å²) in [5.74, 6) is 0.929. The maximum absolute atomic E-state index is 13.6. The van der Waals surface area contributed by atoms with Crippen LogP contribution in [0.4, 0.5) is 0 Å². The van der Waals surface area contributed by atoms with E-state index in [0.29, 0.717) is 33.6 Å². The monoisotopic (exact) mass is 543 g/mol. The van der Waals surface area contributed by atoms with Crippen molar-refractivity contribution in [1.82, 2.24) is 24.7 Å². The Kier molecular flexibility index (Phi) is 7.62. The highest BCUT2D eigenvalue weighted by Crippen LogP contribution is 2.37. The molecule has 0 amide bonds. The predicted molar refractivity (Wildman–Crippen MR) is 141 cm³/mol. The molecule has 196 valence electrons. The number of benzene rings is 1. The van der Waals surface area contributed by atoms with Crippen LogP contribution < -0.4 is 9.47 Å². The van der Waals surface area contributed by atoms with Crippen molar-refractivity contribution >= 4 is 21.2 Å². The van der Waals surface area contributed by atoms with Gasteiger partial charge < -0.3 is 14.6 Å². The summed E-state index contributed by atoms with van der Waals surface area (Å²) in [5, 5.41) is 18.7. The fourth-order valence-electron chi connectivity index (χ4n) is 3.89. The molecule has 0 saturated heterocycles. The zero-order valence-corrected chi connectivity index (χ0v) is 23.1. The van der Waals surface area contributed by atoms with Crippen LogP contribution in [0.15, 0.2) is 36.7 Å². The number of aliphatic hydroxyl groups excluding tert-OH is 1. The van der Waals surface area contributed by atoms with Crippen LogP contribution in [0.25, 0.3) is 17.1 Å². The van der Waals surface area contributed by atoms with Crippen LogP contribution in [0.5, 0.6) is 11.5 Å². The van der Waals surface area contributed by atoms with Crippen molar-refractivity contribution in [3.05, 3.63) is 63.6 Å². The van der Waals surface area contributed by atoms with E-state index in [9.17, 15) is 13.5 Å². The van der Waals surface area contributed by atoms with E-state index in [0.717, 1.165) is 16.1 Å². The van der Waals surface area contributed by atoms with E-state index in [1.807, 2.05) is 26.8 Å². The number of thiazole rings is 1. The average Bonchev–Trinajstić information content (AvgIpc) is 3.44. The third kappa shape index (κ3) is 5.22. The van der Waals surface area contributed by atoms with E-state index in [2.05, 4.69) is 20.2 Å². The van der Waals surface area contributed by atoms with E-state index in [-0.39, 0.29) is 5.82 Å². The number of sulfone groups is 1. The molecule has 4 rings (SSSR count). The van der Waals surface area contributed by atoms with Crippen LogP contribution in [0, 0.1) is 20.8 Å². The normalized spacial score (nSPS) is 13.4. The Morgan fingerprint density at radius 2 is 1.76 bits per heavy atom. The molecule has 2 atom stereocenters. The van der Waals surface area contributed by atoms with Gasteiger partial charge in [-0.2, -0.15) is 0 Å². The molecule has 0 radical (unpaired) electrons. The number of methoxy groups -OCH3 is 2. The average molecular weight is 544 g/mol. The summed E-state index contributed by atoms with van der Waals surface area (Å²) in [6.45, 7) is 7.08. The molecule has 0 aliphatic heterocycles. The van der Waals surface area contributed by atoms with Gasteiger partial charge in [0, 0.05) is 22.8 Å². The lowest BCUT2D eigenvalue weighted by atomic mass is 10.2. The van der Waals surface area contributed by atoms with E-state index in [4.69, 9.17) is 9.47 Å². The van der Waals surface area contributed by atoms with Gasteiger partial charge in [-0.25, -0.2) is 13.4 Å². The molecule has 3 aromatic heterocycles. The van der Waals surface area contributed by atoms with Gasteiger partial charge in [-0.05, 0) is 51.5 Å². The zero-order chi connectivity index (χ0) is 26.9. The molecule has 1 N–H and O–H groups in total. The lowest BCUT2D eigenvalue weighted by molar-refractivity contribution is 0.175. The minimum atomic E-state index is -3.91. The molecule has 0 fully saturated rings. The Bertz CT molecular complexity index is 1490. The zero-order valence-electron chi connectivity index (χ0n) is 21.5. The minimum absolute atomic E-state index is 0.143. The summed E-state index contributed by atoms with van der Waals surface area (Å²) in [6.07, 6.45) is 2.07. The highest BCUT2D eigenvalue weighted by Gasteiger charge is 2.34. The Hall–Kier alpha value is -3.35. The summed E-state index contributed by atoms with van der Waals surface area (Å²) < 4.78 is 39.9. The molecule has 1 aromatic carbocycles. The third-order valence-corrected chi connectivity index (χ3v) is 9.32. The SMILES string of the molecule is COc1cccc(OC)c1-n1c(CS(=O)(=O)[C@@H](C)[C@@H](O)c2nc(C)c(C)s2)nnc1-c1cncc(C)c1. The molecular weight excluding hydrogens is 514 g/mol. The smallest absolute Gasteiger partial charge is 0.170 e. The molecule has 10 nitrogen and oxygen atoms in total. The van der Waals surface area contributed by atoms with Crippen LogP contribution in [0.3, 0.4) is 0 Å². The topological polar surface area (TPSA) is 129 Å². The molecule has 0 saturated carbocycles. The number of hydrogen-bond acceptors (Lipinski definition) is 10. The lowest BCUT2D eigenvalue weighted by Gasteiger charge is -2.20. The van der Waals surface area contributed by atoms with Gasteiger partial charge in [-0.15, -0.1) is 21.5 Å². The molecule has 4 aromatic rings. The van der Waals surface area contributed by atoms with Crippen molar-refractivity contribution in [2.75, 3.05) is 14.2 Å². The first-order chi connectivity index (χ1) is 17.6. The van der Waals surface area contributed by atoms with Crippen molar-refractivity contribution in [1.29, 1.82) is 0 Å². The summed E-state index contributed by atoms with van der Waals surface area (Å²) >= 11 is 1.29. The number of pyridine rings is 1. The third-order valence-electron chi connectivity index (χ3n) is 6.13. The van der Waals surface area contributed by atoms with Crippen molar-refractivity contribution in [2.45, 2.75) is 44.8 Å². The van der Waals surface area contributed by atoms with Gasteiger partial charge in [0.1, 0.15) is 34.1 Å². The van der Waals surface area contributed by atoms with Gasteiger partial charge in [0.05, 0.1) is 25.2 Å². The van der Waals surface area contributed by atoms with Crippen molar-refractivity contribution in [3.63, 3.8) is 0 Å². The number of aliphatic hydroxyl groups is 1. The summed E-state index contributed by atoms with van der Waals surface area (Å²) in [7, 11) is -0.880. The summed E-state index contributed by atoms with van der Waals surface area (Å²) in [6, 6.07) is 7.14. The first kappa shape index (κ1) is 26.7. The highest BCUT2D eigenvalue weighted by atomic mass is 32.2. The number of aromatic nitrogens is 5. The van der Waals surface area contributed by atoms with Crippen LogP contribution in [0.2, 0.25) is 0 Å². The quantitative estimate of drug-likeness (QED) is 0.335. The second kappa shape index (κ2) is 10.6. The van der Waals surface area contributed by atoms with Gasteiger partial charge in [0.15, 0.2) is 21.5 Å². The number of hydrogen-bond donors (Lipinski definition) is 1. The molecule has 0 aliphatic rings. The highest BCUT2D eigenvalue weighted by molar-refractivity contribution is 7.91. The van der Waals surface area contributed by atoms with E-state index in [1.165, 1.54) is 32.5 Å². The minimum Gasteiger partial charge on any atom is -0.494 e. The fraction of sp³-hybridized carbons (Fsp3) is 0.360. The second-order valence-electron chi connectivity index (χ2n) is 8.69. The van der Waals surface area contributed by atoms with Crippen molar-refractivity contribution in [2.24, 2.45) is 0 Å². The molecule has 0 spiro atoms. The molecular formula is C25H29N5O5S2. The molecule has 3 heterocycles. The summed E-state index contributed by atoms with van der Waals surface area (Å²) in [5.41, 5.74) is 2.77. The number of ether oxygens (including phenoxy) is 2. The second-order valence-corrected chi connectivity index (χ2v) is 12.3. The van der Waals surface area contributed by atoms with Crippen LogP contribution in [-0.2, 0) is 15.6 Å². The van der Waals surface area contributed by atoms with Gasteiger partial charge in [0.2, 0.25) is 0 Å².